The standard InChI is InChI=1S/C11H13ClN2O3/c1-14(8-2-3-17-6-8)10-5-7(11(15)16)4-9(12)13-10/h4-5,8H,2-3,6H2,1H3,(H,15,16). The Bertz CT molecular complexity index is 433. The first-order valence-corrected chi connectivity index (χ1v) is 5.67. The third-order valence-corrected chi connectivity index (χ3v) is 3.04. The van der Waals surface area contributed by atoms with Crippen molar-refractivity contribution in [2.24, 2.45) is 0 Å². The molecule has 17 heavy (non-hydrogen) atoms. The second kappa shape index (κ2) is 4.89. The number of pyridine rings is 1. The summed E-state index contributed by atoms with van der Waals surface area (Å²) in [4.78, 5) is 17.0. The summed E-state index contributed by atoms with van der Waals surface area (Å²) >= 11 is 5.81. The number of anilines is 1. The minimum absolute atomic E-state index is 0.144. The lowest BCUT2D eigenvalue weighted by molar-refractivity contribution is 0.0697. The van der Waals surface area contributed by atoms with E-state index in [0.717, 1.165) is 13.0 Å². The predicted molar refractivity (Wildman–Crippen MR) is 63.8 cm³/mol. The van der Waals surface area contributed by atoms with Crippen molar-refractivity contribution in [2.45, 2.75) is 12.5 Å². The summed E-state index contributed by atoms with van der Waals surface area (Å²) in [5, 5.41) is 9.14. The molecule has 6 heteroatoms. The molecule has 1 fully saturated rings. The van der Waals surface area contributed by atoms with Crippen molar-refractivity contribution in [1.29, 1.82) is 0 Å². The molecule has 1 aliphatic rings. The number of halogens is 1. The van der Waals surface area contributed by atoms with Crippen molar-refractivity contribution in [3.63, 3.8) is 0 Å². The fourth-order valence-corrected chi connectivity index (χ4v) is 2.01. The lowest BCUT2D eigenvalue weighted by Crippen LogP contribution is -2.32. The molecule has 0 aliphatic carbocycles. The second-order valence-corrected chi connectivity index (χ2v) is 4.36. The number of hydrogen-bond acceptors (Lipinski definition) is 4. The highest BCUT2D eigenvalue weighted by Gasteiger charge is 2.22. The highest BCUT2D eigenvalue weighted by atomic mass is 35.5. The van der Waals surface area contributed by atoms with E-state index in [4.69, 9.17) is 21.4 Å². The monoisotopic (exact) mass is 256 g/mol. The molecule has 0 spiro atoms. The lowest BCUT2D eigenvalue weighted by atomic mass is 10.2. The number of likely N-dealkylation sites (N-methyl/N-ethyl adjacent to an activating group) is 1. The average Bonchev–Trinajstić information content (AvgIpc) is 2.80. The largest absolute Gasteiger partial charge is 0.478 e. The maximum Gasteiger partial charge on any atom is 0.335 e. The summed E-state index contributed by atoms with van der Waals surface area (Å²) in [6.45, 7) is 1.36. The van der Waals surface area contributed by atoms with Crippen LogP contribution >= 0.6 is 11.6 Å². The molecule has 1 unspecified atom stereocenters. The molecule has 0 aromatic carbocycles. The van der Waals surface area contributed by atoms with Gasteiger partial charge in [0.2, 0.25) is 0 Å². The molecular formula is C11H13ClN2O3. The summed E-state index contributed by atoms with van der Waals surface area (Å²) in [5.41, 5.74) is 0.144. The van der Waals surface area contributed by atoms with E-state index in [1.165, 1.54) is 12.1 Å². The quantitative estimate of drug-likeness (QED) is 0.834. The first kappa shape index (κ1) is 12.1. The average molecular weight is 257 g/mol. The molecule has 1 aromatic rings. The molecule has 1 atom stereocenters. The predicted octanol–water partition coefficient (Wildman–Crippen LogP) is 1.66. The zero-order valence-corrected chi connectivity index (χ0v) is 10.1. The minimum Gasteiger partial charge on any atom is -0.478 e. The molecule has 0 amide bonds. The lowest BCUT2D eigenvalue weighted by Gasteiger charge is -2.24. The van der Waals surface area contributed by atoms with Gasteiger partial charge < -0.3 is 14.7 Å². The molecule has 92 valence electrons. The zero-order valence-electron chi connectivity index (χ0n) is 9.39. The summed E-state index contributed by atoms with van der Waals surface area (Å²) in [6.07, 6.45) is 0.910. The van der Waals surface area contributed by atoms with Crippen molar-refractivity contribution in [3.05, 3.63) is 22.8 Å². The van der Waals surface area contributed by atoms with E-state index in [2.05, 4.69) is 4.98 Å². The van der Waals surface area contributed by atoms with Gasteiger partial charge in [0, 0.05) is 13.7 Å². The van der Waals surface area contributed by atoms with Gasteiger partial charge in [0.15, 0.2) is 0 Å². The Morgan fingerprint density at radius 1 is 1.65 bits per heavy atom. The van der Waals surface area contributed by atoms with Crippen LogP contribution in [0, 0.1) is 0 Å². The first-order chi connectivity index (χ1) is 8.08. The maximum atomic E-state index is 10.9. The van der Waals surface area contributed by atoms with Crippen LogP contribution in [-0.2, 0) is 4.74 Å². The molecule has 0 saturated carbocycles. The number of carbonyl (C=O) groups is 1. The van der Waals surface area contributed by atoms with Crippen molar-refractivity contribution >= 4 is 23.4 Å². The van der Waals surface area contributed by atoms with Gasteiger partial charge in [0.25, 0.3) is 0 Å². The zero-order chi connectivity index (χ0) is 12.4. The van der Waals surface area contributed by atoms with Crippen LogP contribution in [0.15, 0.2) is 12.1 Å². The Labute approximate surface area is 104 Å². The van der Waals surface area contributed by atoms with Crippen LogP contribution < -0.4 is 4.90 Å². The highest BCUT2D eigenvalue weighted by molar-refractivity contribution is 6.29. The van der Waals surface area contributed by atoms with E-state index in [-0.39, 0.29) is 16.8 Å². The van der Waals surface area contributed by atoms with Gasteiger partial charge in [-0.2, -0.15) is 0 Å². The smallest absolute Gasteiger partial charge is 0.335 e. The number of carboxylic acids is 1. The summed E-state index contributed by atoms with van der Waals surface area (Å²) in [7, 11) is 1.86. The van der Waals surface area contributed by atoms with Crippen molar-refractivity contribution in [2.75, 3.05) is 25.2 Å². The van der Waals surface area contributed by atoms with Crippen LogP contribution in [-0.4, -0.2) is 42.4 Å². The molecule has 1 aliphatic heterocycles. The first-order valence-electron chi connectivity index (χ1n) is 5.29. The minimum atomic E-state index is -1.01. The van der Waals surface area contributed by atoms with Gasteiger partial charge in [-0.15, -0.1) is 0 Å². The molecule has 0 radical (unpaired) electrons. The summed E-state index contributed by atoms with van der Waals surface area (Å²) in [5.74, 6) is -0.447. The van der Waals surface area contributed by atoms with E-state index < -0.39 is 5.97 Å². The number of ether oxygens (including phenoxy) is 1. The number of aromatic nitrogens is 1. The van der Waals surface area contributed by atoms with Crippen LogP contribution in [0.5, 0.6) is 0 Å². The number of nitrogens with zero attached hydrogens (tertiary/aromatic N) is 2. The van der Waals surface area contributed by atoms with Crippen LogP contribution in [0.1, 0.15) is 16.8 Å². The van der Waals surface area contributed by atoms with Crippen LogP contribution in [0.25, 0.3) is 0 Å². The van der Waals surface area contributed by atoms with E-state index >= 15 is 0 Å². The fourth-order valence-electron chi connectivity index (χ4n) is 1.80. The molecule has 2 heterocycles. The van der Waals surface area contributed by atoms with Gasteiger partial charge in [-0.05, 0) is 18.6 Å². The third-order valence-electron chi connectivity index (χ3n) is 2.84. The number of hydrogen-bond donors (Lipinski definition) is 1. The number of carboxylic acid groups (broad SMARTS) is 1. The van der Waals surface area contributed by atoms with Crippen molar-refractivity contribution < 1.29 is 14.6 Å². The van der Waals surface area contributed by atoms with Gasteiger partial charge in [-0.1, -0.05) is 11.6 Å². The van der Waals surface area contributed by atoms with E-state index in [1.807, 2.05) is 11.9 Å². The number of rotatable bonds is 3. The van der Waals surface area contributed by atoms with Gasteiger partial charge >= 0.3 is 5.97 Å². The van der Waals surface area contributed by atoms with Gasteiger partial charge in [-0.25, -0.2) is 9.78 Å². The third kappa shape index (κ3) is 2.68. The fraction of sp³-hybridized carbons (Fsp3) is 0.455. The van der Waals surface area contributed by atoms with Crippen LogP contribution in [0.2, 0.25) is 5.15 Å². The summed E-state index contributed by atoms with van der Waals surface area (Å²) < 4.78 is 5.29. The topological polar surface area (TPSA) is 62.7 Å². The van der Waals surface area contributed by atoms with E-state index in [9.17, 15) is 4.79 Å². The van der Waals surface area contributed by atoms with E-state index in [1.54, 1.807) is 0 Å². The van der Waals surface area contributed by atoms with Gasteiger partial charge in [0.05, 0.1) is 18.2 Å². The van der Waals surface area contributed by atoms with Gasteiger partial charge in [-0.3, -0.25) is 0 Å². The maximum absolute atomic E-state index is 10.9. The Morgan fingerprint density at radius 2 is 2.41 bits per heavy atom. The summed E-state index contributed by atoms with van der Waals surface area (Å²) in [6, 6.07) is 3.08. The molecule has 1 N–H and O–H groups in total. The Hall–Kier alpha value is -1.33. The number of aromatic carboxylic acids is 1. The Morgan fingerprint density at radius 3 is 3.00 bits per heavy atom. The SMILES string of the molecule is CN(c1cc(C(=O)O)cc(Cl)n1)C1CCOC1. The molecule has 5 nitrogen and oxygen atoms in total. The normalized spacial score (nSPS) is 19.3. The molecule has 2 rings (SSSR count). The van der Waals surface area contributed by atoms with Crippen LogP contribution in [0.3, 0.4) is 0 Å². The van der Waals surface area contributed by atoms with E-state index in [0.29, 0.717) is 12.4 Å². The second-order valence-electron chi connectivity index (χ2n) is 3.97. The van der Waals surface area contributed by atoms with Crippen molar-refractivity contribution in [3.8, 4) is 0 Å². The molecule has 1 saturated heterocycles. The Kier molecular flexibility index (Phi) is 3.49. The van der Waals surface area contributed by atoms with Gasteiger partial charge in [0.1, 0.15) is 11.0 Å². The van der Waals surface area contributed by atoms with Crippen LogP contribution in [0.4, 0.5) is 5.82 Å². The highest BCUT2D eigenvalue weighted by Crippen LogP contribution is 2.22. The molecule has 1 aromatic heterocycles. The van der Waals surface area contributed by atoms with Crippen molar-refractivity contribution in [1.82, 2.24) is 4.98 Å². The Balaban J connectivity index is 2.27. The molecular weight excluding hydrogens is 244 g/mol. The molecule has 0 bridgehead atoms.